The van der Waals surface area contributed by atoms with Gasteiger partial charge in [-0.2, -0.15) is 0 Å². The highest BCUT2D eigenvalue weighted by molar-refractivity contribution is 7.97. The van der Waals surface area contributed by atoms with Gasteiger partial charge in [0.1, 0.15) is 17.3 Å². The quantitative estimate of drug-likeness (QED) is 0.536. The number of amides is 1. The number of carbonyl (C=O) groups is 1. The Morgan fingerprint density at radius 2 is 2.14 bits per heavy atom. The third kappa shape index (κ3) is 4.43. The lowest BCUT2D eigenvalue weighted by Gasteiger charge is -2.07. The van der Waals surface area contributed by atoms with E-state index in [0.29, 0.717) is 10.1 Å². The fraction of sp³-hybridized carbons (Fsp3) is 0.316. The van der Waals surface area contributed by atoms with E-state index in [9.17, 15) is 9.18 Å². The van der Waals surface area contributed by atoms with E-state index in [1.54, 1.807) is 12.1 Å². The second-order valence-corrected chi connectivity index (χ2v) is 8.67. The normalized spacial score (nSPS) is 13.7. The molecule has 2 N–H and O–H groups in total. The summed E-state index contributed by atoms with van der Waals surface area (Å²) in [6, 6.07) is 6.38. The van der Waals surface area contributed by atoms with Gasteiger partial charge in [-0.1, -0.05) is 11.3 Å². The zero-order valence-corrected chi connectivity index (χ0v) is 17.0. The van der Waals surface area contributed by atoms with Crippen LogP contribution in [0.2, 0.25) is 0 Å². The highest BCUT2D eigenvalue weighted by Crippen LogP contribution is 2.32. The summed E-state index contributed by atoms with van der Waals surface area (Å²) in [6.07, 6.45) is 2.51. The molecule has 1 saturated carbocycles. The van der Waals surface area contributed by atoms with Crippen molar-refractivity contribution < 1.29 is 13.6 Å². The van der Waals surface area contributed by atoms with E-state index < -0.39 is 11.7 Å². The number of aryl methyl sites for hydroxylation is 2. The Labute approximate surface area is 170 Å². The van der Waals surface area contributed by atoms with E-state index in [0.717, 1.165) is 34.4 Å². The number of furan rings is 1. The van der Waals surface area contributed by atoms with Gasteiger partial charge in [-0.15, -0.1) is 10.2 Å². The molecule has 1 aliphatic carbocycles. The summed E-state index contributed by atoms with van der Waals surface area (Å²) >= 11 is 2.62. The van der Waals surface area contributed by atoms with Crippen molar-refractivity contribution in [1.29, 1.82) is 0 Å². The lowest BCUT2D eigenvalue weighted by Crippen LogP contribution is -2.14. The first-order chi connectivity index (χ1) is 13.5. The predicted molar refractivity (Wildman–Crippen MR) is 108 cm³/mol. The Balaban J connectivity index is 1.45. The largest absolute Gasteiger partial charge is 0.466 e. The van der Waals surface area contributed by atoms with Crippen LogP contribution < -0.4 is 10.0 Å². The maximum atomic E-state index is 14.2. The fourth-order valence-electron chi connectivity index (χ4n) is 2.70. The second-order valence-electron chi connectivity index (χ2n) is 6.73. The molecular formula is C19H19FN4O2S2. The van der Waals surface area contributed by atoms with Crippen LogP contribution in [0, 0.1) is 25.6 Å². The van der Waals surface area contributed by atoms with E-state index in [2.05, 4.69) is 20.2 Å². The molecule has 0 aliphatic heterocycles. The SMILES string of the molecule is Cc1cc(-c2nnc(NC(=O)c3cc(SNCC4CC4)ccc3F)s2)c(C)o1. The highest BCUT2D eigenvalue weighted by atomic mass is 32.2. The van der Waals surface area contributed by atoms with E-state index in [4.69, 9.17) is 4.42 Å². The van der Waals surface area contributed by atoms with Crippen LogP contribution in [0.3, 0.4) is 0 Å². The number of halogens is 1. The van der Waals surface area contributed by atoms with Crippen LogP contribution in [-0.4, -0.2) is 22.6 Å². The average Bonchev–Trinajstić information content (AvgIpc) is 3.26. The molecule has 9 heteroatoms. The van der Waals surface area contributed by atoms with Gasteiger partial charge in [0.25, 0.3) is 5.91 Å². The van der Waals surface area contributed by atoms with Crippen LogP contribution in [0.25, 0.3) is 10.6 Å². The Hall–Kier alpha value is -2.23. The molecule has 0 radical (unpaired) electrons. The maximum Gasteiger partial charge on any atom is 0.260 e. The number of anilines is 1. The minimum Gasteiger partial charge on any atom is -0.466 e. The second kappa shape index (κ2) is 8.02. The molecule has 0 unspecified atom stereocenters. The number of rotatable bonds is 7. The van der Waals surface area contributed by atoms with Crippen molar-refractivity contribution in [2.45, 2.75) is 31.6 Å². The standard InChI is InChI=1S/C19H19FN4O2S2/c1-10-7-14(11(2)26-10)18-23-24-19(27-18)22-17(25)15-8-13(5-6-16(15)20)28-21-9-12-3-4-12/h5-8,12,21H,3-4,9H2,1-2H3,(H,22,24,25). The van der Waals surface area contributed by atoms with Gasteiger partial charge in [0.05, 0.1) is 11.1 Å². The molecule has 28 heavy (non-hydrogen) atoms. The lowest BCUT2D eigenvalue weighted by atomic mass is 10.2. The number of carbonyl (C=O) groups excluding carboxylic acids is 1. The van der Waals surface area contributed by atoms with Gasteiger partial charge in [0, 0.05) is 11.4 Å². The van der Waals surface area contributed by atoms with Crippen molar-refractivity contribution in [1.82, 2.24) is 14.9 Å². The maximum absolute atomic E-state index is 14.2. The van der Waals surface area contributed by atoms with E-state index in [1.165, 1.54) is 42.2 Å². The van der Waals surface area contributed by atoms with Crippen molar-refractivity contribution in [2.75, 3.05) is 11.9 Å². The summed E-state index contributed by atoms with van der Waals surface area (Å²) in [5, 5.41) is 11.7. The molecule has 2 aromatic heterocycles. The van der Waals surface area contributed by atoms with Gasteiger partial charge < -0.3 is 4.42 Å². The first-order valence-electron chi connectivity index (χ1n) is 8.91. The van der Waals surface area contributed by atoms with E-state index >= 15 is 0 Å². The van der Waals surface area contributed by atoms with Gasteiger partial charge in [0.2, 0.25) is 5.13 Å². The number of nitrogens with zero attached hydrogens (tertiary/aromatic N) is 2. The Kier molecular flexibility index (Phi) is 5.47. The first kappa shape index (κ1) is 19.1. The fourth-order valence-corrected chi connectivity index (χ4v) is 4.30. The zero-order valence-electron chi connectivity index (χ0n) is 15.4. The number of aromatic nitrogens is 2. The summed E-state index contributed by atoms with van der Waals surface area (Å²) < 4.78 is 22.9. The third-order valence-electron chi connectivity index (χ3n) is 4.36. The molecule has 0 spiro atoms. The number of nitrogens with one attached hydrogen (secondary N) is 2. The van der Waals surface area contributed by atoms with Gasteiger partial charge in [-0.05, 0) is 68.8 Å². The first-order valence-corrected chi connectivity index (χ1v) is 10.5. The zero-order chi connectivity index (χ0) is 19.7. The molecular weight excluding hydrogens is 399 g/mol. The number of hydrogen-bond donors (Lipinski definition) is 2. The smallest absolute Gasteiger partial charge is 0.260 e. The van der Waals surface area contributed by atoms with Crippen LogP contribution >= 0.6 is 23.3 Å². The molecule has 1 amide bonds. The molecule has 4 rings (SSSR count). The molecule has 1 aliphatic rings. The van der Waals surface area contributed by atoms with Crippen molar-refractivity contribution in [3.63, 3.8) is 0 Å². The molecule has 2 heterocycles. The van der Waals surface area contributed by atoms with E-state index in [1.807, 2.05) is 19.9 Å². The lowest BCUT2D eigenvalue weighted by molar-refractivity contribution is 0.102. The highest BCUT2D eigenvalue weighted by Gasteiger charge is 2.21. The van der Waals surface area contributed by atoms with Gasteiger partial charge in [0.15, 0.2) is 5.01 Å². The molecule has 1 fully saturated rings. The Bertz CT molecular complexity index is 1010. The Morgan fingerprint density at radius 3 is 2.86 bits per heavy atom. The van der Waals surface area contributed by atoms with Gasteiger partial charge in [-0.3, -0.25) is 14.8 Å². The van der Waals surface area contributed by atoms with E-state index in [-0.39, 0.29) is 5.56 Å². The van der Waals surface area contributed by atoms with Gasteiger partial charge in [-0.25, -0.2) is 4.39 Å². The average molecular weight is 419 g/mol. The summed E-state index contributed by atoms with van der Waals surface area (Å²) in [6.45, 7) is 4.62. The summed E-state index contributed by atoms with van der Waals surface area (Å²) in [7, 11) is 0. The van der Waals surface area contributed by atoms with Crippen LogP contribution in [-0.2, 0) is 0 Å². The predicted octanol–water partition coefficient (Wildman–Crippen LogP) is 4.81. The molecule has 0 saturated heterocycles. The van der Waals surface area contributed by atoms with Crippen LogP contribution in [0.4, 0.5) is 9.52 Å². The van der Waals surface area contributed by atoms with Crippen LogP contribution in [0.5, 0.6) is 0 Å². The summed E-state index contributed by atoms with van der Waals surface area (Å²) in [5.41, 5.74) is 0.812. The number of hydrogen-bond acceptors (Lipinski definition) is 7. The van der Waals surface area contributed by atoms with Crippen LogP contribution in [0.15, 0.2) is 33.6 Å². The molecule has 0 atom stereocenters. The minimum atomic E-state index is -0.574. The summed E-state index contributed by atoms with van der Waals surface area (Å²) in [4.78, 5) is 13.3. The van der Waals surface area contributed by atoms with Crippen molar-refractivity contribution >= 4 is 34.3 Å². The summed E-state index contributed by atoms with van der Waals surface area (Å²) in [5.74, 6) is 1.13. The third-order valence-corrected chi connectivity index (χ3v) is 6.03. The van der Waals surface area contributed by atoms with Crippen molar-refractivity contribution in [3.8, 4) is 10.6 Å². The molecule has 0 bridgehead atoms. The van der Waals surface area contributed by atoms with Crippen LogP contribution in [0.1, 0.15) is 34.7 Å². The Morgan fingerprint density at radius 1 is 1.32 bits per heavy atom. The molecule has 3 aromatic rings. The molecule has 6 nitrogen and oxygen atoms in total. The monoisotopic (exact) mass is 418 g/mol. The van der Waals surface area contributed by atoms with Gasteiger partial charge >= 0.3 is 0 Å². The minimum absolute atomic E-state index is 0.0229. The number of benzene rings is 1. The van der Waals surface area contributed by atoms with Crippen molar-refractivity contribution in [3.05, 3.63) is 47.2 Å². The topological polar surface area (TPSA) is 80.0 Å². The van der Waals surface area contributed by atoms with Crippen molar-refractivity contribution in [2.24, 2.45) is 5.92 Å². The molecule has 1 aromatic carbocycles. The molecule has 146 valence electrons.